The van der Waals surface area contributed by atoms with Crippen molar-refractivity contribution >= 4 is 83.0 Å². The Hall–Kier alpha value is -9.07. The first kappa shape index (κ1) is 61.6. The Labute approximate surface area is 532 Å². The summed E-state index contributed by atoms with van der Waals surface area (Å²) in [4.78, 5) is 77.6. The number of pyridine rings is 6. The van der Waals surface area contributed by atoms with E-state index in [1.54, 1.807) is 106 Å². The molecular formula is C65H56N6O13S5. The molecule has 12 heterocycles. The van der Waals surface area contributed by atoms with Gasteiger partial charge in [-0.15, -0.1) is 45.8 Å². The molecule has 10 aromatic heterocycles. The van der Waals surface area contributed by atoms with E-state index in [-0.39, 0.29) is 11.5 Å². The van der Waals surface area contributed by atoms with Crippen LogP contribution in [-0.2, 0) is 19.2 Å². The molecule has 2 aliphatic heterocycles. The molecule has 12 rings (SSSR count). The number of fused-ring (bicyclic) bond motifs is 2. The number of hydrogen-bond donors (Lipinski definition) is 0. The van der Waals surface area contributed by atoms with Crippen molar-refractivity contribution in [3.05, 3.63) is 122 Å². The van der Waals surface area contributed by atoms with Crippen molar-refractivity contribution in [2.45, 2.75) is 63.0 Å². The quantitative estimate of drug-likeness (QED) is 0.0279. The molecule has 89 heavy (non-hydrogen) atoms. The molecule has 0 spiro atoms. The van der Waals surface area contributed by atoms with Gasteiger partial charge in [0.15, 0.2) is 17.2 Å². The zero-order valence-electron chi connectivity index (χ0n) is 48.1. The van der Waals surface area contributed by atoms with Crippen LogP contribution in [0.1, 0.15) is 58.8 Å². The Bertz CT molecular complexity index is 4110. The third-order valence-corrected chi connectivity index (χ3v) is 19.7. The molecule has 0 fully saturated rings. The van der Waals surface area contributed by atoms with Crippen LogP contribution < -0.4 is 42.6 Å². The molecule has 0 radical (unpaired) electrons. The molecule has 454 valence electrons. The van der Waals surface area contributed by atoms with Crippen molar-refractivity contribution in [1.82, 2.24) is 29.9 Å². The van der Waals surface area contributed by atoms with Crippen LogP contribution in [0.2, 0.25) is 0 Å². The second-order valence-corrected chi connectivity index (χ2v) is 25.1. The van der Waals surface area contributed by atoms with Gasteiger partial charge in [-0.25, -0.2) is 9.97 Å². The molecule has 0 aromatic carbocycles. The largest absolute Gasteiger partial charge is 0.488 e. The van der Waals surface area contributed by atoms with E-state index in [1.165, 1.54) is 35.9 Å². The fourth-order valence-corrected chi connectivity index (χ4v) is 15.1. The SMILES string of the molecule is CCCCCOc1sc(-c2ccc(-c3ccnc(-c4cc(OC=O)cc(-c5cc(OC=O)ccn5)n4)c3)s2)c2c1OCCO2.CCCCCSc1sc(-c2ccc(-c3ccnc(-c4cc(OC=O)cc(-c5cc(OC=O)ccn5)n4)c3)s2)c2c1OCCCO2. The van der Waals surface area contributed by atoms with Crippen LogP contribution >= 0.6 is 57.1 Å². The maximum atomic E-state index is 11.2. The molecule has 0 saturated heterocycles. The molecule has 19 nitrogen and oxygen atoms in total. The van der Waals surface area contributed by atoms with Crippen LogP contribution in [0.25, 0.3) is 85.9 Å². The summed E-state index contributed by atoms with van der Waals surface area (Å²) >= 11 is 8.44. The van der Waals surface area contributed by atoms with Gasteiger partial charge in [-0.3, -0.25) is 39.1 Å². The first-order valence-corrected chi connectivity index (χ1v) is 32.7. The van der Waals surface area contributed by atoms with Gasteiger partial charge in [-0.05, 0) is 90.4 Å². The van der Waals surface area contributed by atoms with E-state index in [9.17, 15) is 19.2 Å². The summed E-state index contributed by atoms with van der Waals surface area (Å²) in [6.07, 6.45) is 14.1. The lowest BCUT2D eigenvalue weighted by molar-refractivity contribution is -0.121. The Morgan fingerprint density at radius 2 is 0.865 bits per heavy atom. The normalized spacial score (nSPS) is 12.2. The van der Waals surface area contributed by atoms with Gasteiger partial charge in [-0.2, -0.15) is 0 Å². The van der Waals surface area contributed by atoms with Gasteiger partial charge in [0.05, 0.1) is 75.1 Å². The number of thioether (sulfide) groups is 1. The number of hydrogen-bond acceptors (Lipinski definition) is 24. The zero-order chi connectivity index (χ0) is 61.3. The third kappa shape index (κ3) is 15.1. The lowest BCUT2D eigenvalue weighted by Crippen LogP contribution is -2.15. The first-order valence-electron chi connectivity index (χ1n) is 28.5. The molecule has 24 heteroatoms. The number of unbranched alkanes of at least 4 members (excludes halogenated alkanes) is 4. The van der Waals surface area contributed by atoms with Crippen LogP contribution in [0.4, 0.5) is 0 Å². The average molecular weight is 1290 g/mol. The predicted octanol–water partition coefficient (Wildman–Crippen LogP) is 15.2. The summed E-state index contributed by atoms with van der Waals surface area (Å²) in [5.41, 5.74) is 5.75. The molecular weight excluding hydrogens is 1230 g/mol. The molecule has 0 unspecified atom stereocenters. The fourth-order valence-electron chi connectivity index (χ4n) is 9.34. The van der Waals surface area contributed by atoms with Crippen molar-refractivity contribution < 1.29 is 61.8 Å². The Morgan fingerprint density at radius 3 is 1.39 bits per heavy atom. The maximum Gasteiger partial charge on any atom is 0.298 e. The fraction of sp³-hybridized carbons (Fsp3) is 0.231. The van der Waals surface area contributed by atoms with Crippen molar-refractivity contribution in [1.29, 1.82) is 0 Å². The highest BCUT2D eigenvalue weighted by Gasteiger charge is 2.29. The highest BCUT2D eigenvalue weighted by atomic mass is 32.2. The first-order chi connectivity index (χ1) is 43.8. The standard InChI is InChI=1S/C33H29N3O6S3.C32H27N3O7S2/c1-2-3-4-14-43-33-31-30(39-12-5-13-40-31)32(45-33)29-7-6-28(44-29)21-8-10-34-24(15-21)26-17-23(42-20-38)18-27(36-26)25-16-22(41-19-37)9-11-35-25;1-2-3-4-11-40-32-30-29(38-12-13-39-30)31(44-32)28-6-5-27(43-28)20-7-9-33-23(14-20)25-16-22(42-19-37)17-26(35-25)24-15-21(41-18-36)8-10-34-24/h6-11,15-20H,2-5,12-14H2,1H3;5-10,14-19H,2-4,11-13H2,1H3. The van der Waals surface area contributed by atoms with Gasteiger partial charge in [0.25, 0.3) is 25.9 Å². The van der Waals surface area contributed by atoms with Crippen molar-refractivity contribution in [3.8, 4) is 137 Å². The molecule has 0 aliphatic carbocycles. The number of carbonyl (C=O) groups excluding carboxylic acids is 4. The molecule has 0 bridgehead atoms. The molecule has 10 aromatic rings. The average Bonchev–Trinajstić information content (AvgIpc) is 2.84. The summed E-state index contributed by atoms with van der Waals surface area (Å²) < 4.78 is 51.9. The minimum absolute atomic E-state index is 0.270. The minimum Gasteiger partial charge on any atom is -0.488 e. The second-order valence-electron chi connectivity index (χ2n) is 19.6. The van der Waals surface area contributed by atoms with E-state index >= 15 is 0 Å². The number of rotatable bonds is 26. The highest BCUT2D eigenvalue weighted by Crippen LogP contribution is 2.57. The lowest BCUT2D eigenvalue weighted by atomic mass is 10.1. The Balaban J connectivity index is 0.000000184. The maximum absolute atomic E-state index is 11.2. The third-order valence-electron chi connectivity index (χ3n) is 13.5. The van der Waals surface area contributed by atoms with Crippen LogP contribution in [-0.4, -0.2) is 94.6 Å². The minimum atomic E-state index is 0.270. The summed E-state index contributed by atoms with van der Waals surface area (Å²) in [6.45, 7) is 8.68. The summed E-state index contributed by atoms with van der Waals surface area (Å²) in [5.74, 6) is 5.38. The van der Waals surface area contributed by atoms with E-state index in [2.05, 4.69) is 58.0 Å². The smallest absolute Gasteiger partial charge is 0.298 e. The van der Waals surface area contributed by atoms with Crippen molar-refractivity contribution in [3.63, 3.8) is 0 Å². The van der Waals surface area contributed by atoms with Crippen molar-refractivity contribution in [2.75, 3.05) is 38.8 Å². The van der Waals surface area contributed by atoms with E-state index in [1.807, 2.05) is 36.0 Å². The van der Waals surface area contributed by atoms with Gasteiger partial charge >= 0.3 is 0 Å². The number of nitrogens with zero attached hydrogens (tertiary/aromatic N) is 6. The molecule has 0 N–H and O–H groups in total. The molecule has 0 saturated carbocycles. The Kier molecular flexibility index (Phi) is 20.9. The predicted molar refractivity (Wildman–Crippen MR) is 343 cm³/mol. The van der Waals surface area contributed by atoms with E-state index in [4.69, 9.17) is 52.6 Å². The summed E-state index contributed by atoms with van der Waals surface area (Å²) in [6, 6.07) is 28.8. The topological polar surface area (TPSA) is 229 Å². The van der Waals surface area contributed by atoms with Crippen LogP contribution in [0.15, 0.2) is 126 Å². The highest BCUT2D eigenvalue weighted by molar-refractivity contribution is 8.01. The van der Waals surface area contributed by atoms with Gasteiger partial charge in [0.2, 0.25) is 10.8 Å². The number of thiophene rings is 4. The number of aromatic nitrogens is 6. The molecule has 0 amide bonds. The zero-order valence-corrected chi connectivity index (χ0v) is 52.2. The summed E-state index contributed by atoms with van der Waals surface area (Å²) in [5, 5.41) is 0.754. The lowest BCUT2D eigenvalue weighted by Gasteiger charge is -2.16. The number of carbonyl (C=O) groups is 4. The molecule has 2 aliphatic rings. The van der Waals surface area contributed by atoms with Gasteiger partial charge < -0.3 is 42.6 Å². The van der Waals surface area contributed by atoms with E-state index in [0.717, 1.165) is 94.1 Å². The van der Waals surface area contributed by atoms with Crippen LogP contribution in [0.3, 0.4) is 0 Å². The second kappa shape index (κ2) is 30.2. The van der Waals surface area contributed by atoms with Crippen molar-refractivity contribution in [2.24, 2.45) is 0 Å². The molecule has 0 atom stereocenters. The Morgan fingerprint density at radius 1 is 0.438 bits per heavy atom. The van der Waals surface area contributed by atoms with E-state index < -0.39 is 0 Å². The van der Waals surface area contributed by atoms with Gasteiger partial charge in [-0.1, -0.05) is 50.9 Å². The van der Waals surface area contributed by atoms with E-state index in [0.29, 0.717) is 122 Å². The van der Waals surface area contributed by atoms with Gasteiger partial charge in [0, 0.05) is 87.1 Å². The van der Waals surface area contributed by atoms with Gasteiger partial charge in [0.1, 0.15) is 40.4 Å². The number of ether oxygens (including phenoxy) is 9. The van der Waals surface area contributed by atoms with Crippen LogP contribution in [0.5, 0.6) is 51.1 Å². The van der Waals surface area contributed by atoms with Crippen LogP contribution in [0, 0.1) is 0 Å². The monoisotopic (exact) mass is 1290 g/mol. The summed E-state index contributed by atoms with van der Waals surface area (Å²) in [7, 11) is 0.